The lowest BCUT2D eigenvalue weighted by molar-refractivity contribution is 0.104. The van der Waals surface area contributed by atoms with E-state index in [4.69, 9.17) is 4.74 Å². The highest BCUT2D eigenvalue weighted by atomic mass is 19.1. The number of hydrogen-bond donors (Lipinski definition) is 1. The van der Waals surface area contributed by atoms with Crippen LogP contribution in [0.4, 0.5) is 4.39 Å². The highest BCUT2D eigenvalue weighted by molar-refractivity contribution is 5.21. The van der Waals surface area contributed by atoms with Gasteiger partial charge in [-0.05, 0) is 30.7 Å². The molecule has 0 saturated carbocycles. The number of aliphatic hydroxyl groups is 1. The van der Waals surface area contributed by atoms with E-state index in [1.54, 1.807) is 0 Å². The third-order valence-electron chi connectivity index (χ3n) is 1.73. The van der Waals surface area contributed by atoms with Crippen LogP contribution in [0.15, 0.2) is 24.3 Å². The number of hydrogen-bond acceptors (Lipinski definition) is 2. The van der Waals surface area contributed by atoms with Crippen molar-refractivity contribution in [2.75, 3.05) is 6.61 Å². The Labute approximate surface area is 77.0 Å². The number of halogens is 1. The zero-order valence-corrected chi connectivity index (χ0v) is 7.53. The molecule has 13 heavy (non-hydrogen) atoms. The van der Waals surface area contributed by atoms with Gasteiger partial charge in [-0.15, -0.1) is 0 Å². The van der Waals surface area contributed by atoms with Crippen LogP contribution in [0.25, 0.3) is 0 Å². The predicted molar refractivity (Wildman–Crippen MR) is 48.2 cm³/mol. The summed E-state index contributed by atoms with van der Waals surface area (Å²) in [6, 6.07) is 5.73. The Kier molecular flexibility index (Phi) is 3.71. The van der Waals surface area contributed by atoms with Gasteiger partial charge in [-0.25, -0.2) is 4.39 Å². The summed E-state index contributed by atoms with van der Waals surface area (Å²) in [5.74, 6) is 0.289. The molecule has 2 nitrogen and oxygen atoms in total. The highest BCUT2D eigenvalue weighted by Gasteiger charge is 2.01. The summed E-state index contributed by atoms with van der Waals surface area (Å²) in [5.41, 5.74) is 0. The van der Waals surface area contributed by atoms with Gasteiger partial charge in [0.15, 0.2) is 0 Å². The van der Waals surface area contributed by atoms with Gasteiger partial charge in [0.2, 0.25) is 0 Å². The Hall–Kier alpha value is -1.09. The minimum atomic E-state index is -0.454. The summed E-state index contributed by atoms with van der Waals surface area (Å²) in [4.78, 5) is 0. The van der Waals surface area contributed by atoms with Crippen molar-refractivity contribution in [1.29, 1.82) is 0 Å². The molecule has 0 bridgehead atoms. The maximum Gasteiger partial charge on any atom is 0.123 e. The molecule has 72 valence electrons. The summed E-state index contributed by atoms with van der Waals surface area (Å²) >= 11 is 0. The van der Waals surface area contributed by atoms with Crippen LogP contribution in [-0.2, 0) is 0 Å². The lowest BCUT2D eigenvalue weighted by Gasteiger charge is -2.09. The monoisotopic (exact) mass is 184 g/mol. The van der Waals surface area contributed by atoms with Crippen LogP contribution in [0.1, 0.15) is 13.3 Å². The van der Waals surface area contributed by atoms with Crippen molar-refractivity contribution >= 4 is 0 Å². The van der Waals surface area contributed by atoms with E-state index in [-0.39, 0.29) is 12.4 Å². The molecule has 0 unspecified atom stereocenters. The van der Waals surface area contributed by atoms with Crippen LogP contribution < -0.4 is 4.74 Å². The molecule has 0 saturated heterocycles. The molecule has 0 aliphatic carbocycles. The molecule has 1 aromatic rings. The average molecular weight is 184 g/mol. The van der Waals surface area contributed by atoms with Gasteiger partial charge in [-0.2, -0.15) is 0 Å². The first kappa shape index (κ1) is 9.99. The Morgan fingerprint density at radius 1 is 1.38 bits per heavy atom. The fraction of sp³-hybridized carbons (Fsp3) is 0.400. The zero-order valence-electron chi connectivity index (χ0n) is 7.53. The molecule has 0 fully saturated rings. The van der Waals surface area contributed by atoms with Crippen molar-refractivity contribution in [3.63, 3.8) is 0 Å². The molecular formula is C10H13FO2. The predicted octanol–water partition coefficient (Wildman–Crippen LogP) is 1.98. The standard InChI is InChI=1S/C10H13FO2/c1-2-9(12)7-13-10-5-3-8(11)4-6-10/h3-6,9,12H,2,7H2,1H3/t9-/m0/s1. The minimum Gasteiger partial charge on any atom is -0.491 e. The molecule has 3 heteroatoms. The van der Waals surface area contributed by atoms with Crippen LogP contribution in [0.3, 0.4) is 0 Å². The molecule has 0 amide bonds. The van der Waals surface area contributed by atoms with Crippen molar-refractivity contribution in [2.45, 2.75) is 19.4 Å². The SMILES string of the molecule is CC[C@H](O)COc1ccc(F)cc1. The third-order valence-corrected chi connectivity index (χ3v) is 1.73. The van der Waals surface area contributed by atoms with Gasteiger partial charge in [0.1, 0.15) is 18.2 Å². The number of rotatable bonds is 4. The number of aliphatic hydroxyl groups excluding tert-OH is 1. The van der Waals surface area contributed by atoms with Crippen LogP contribution >= 0.6 is 0 Å². The van der Waals surface area contributed by atoms with Crippen molar-refractivity contribution in [3.8, 4) is 5.75 Å². The van der Waals surface area contributed by atoms with Gasteiger partial charge in [-0.1, -0.05) is 6.92 Å². The first-order valence-corrected chi connectivity index (χ1v) is 4.28. The lowest BCUT2D eigenvalue weighted by Crippen LogP contribution is -2.15. The second-order valence-corrected chi connectivity index (χ2v) is 2.83. The molecule has 1 atom stereocenters. The Balaban J connectivity index is 2.41. The fourth-order valence-electron chi connectivity index (χ4n) is 0.841. The smallest absolute Gasteiger partial charge is 0.123 e. The fourth-order valence-corrected chi connectivity index (χ4v) is 0.841. The molecule has 0 radical (unpaired) electrons. The van der Waals surface area contributed by atoms with Crippen molar-refractivity contribution in [3.05, 3.63) is 30.1 Å². The molecule has 0 heterocycles. The minimum absolute atomic E-state index is 0.252. The maximum absolute atomic E-state index is 12.4. The highest BCUT2D eigenvalue weighted by Crippen LogP contribution is 2.11. The normalized spacial score (nSPS) is 12.5. The van der Waals surface area contributed by atoms with Crippen LogP contribution in [0.5, 0.6) is 5.75 Å². The Bertz CT molecular complexity index is 246. The number of ether oxygens (including phenoxy) is 1. The molecule has 0 aliphatic heterocycles. The van der Waals surface area contributed by atoms with Crippen molar-refractivity contribution in [1.82, 2.24) is 0 Å². The first-order chi connectivity index (χ1) is 6.22. The topological polar surface area (TPSA) is 29.5 Å². The van der Waals surface area contributed by atoms with E-state index < -0.39 is 6.10 Å². The summed E-state index contributed by atoms with van der Waals surface area (Å²) in [6.07, 6.45) is 0.200. The lowest BCUT2D eigenvalue weighted by atomic mass is 10.3. The maximum atomic E-state index is 12.4. The Morgan fingerprint density at radius 3 is 2.54 bits per heavy atom. The zero-order chi connectivity index (χ0) is 9.68. The van der Waals surface area contributed by atoms with E-state index in [2.05, 4.69) is 0 Å². The van der Waals surface area contributed by atoms with Gasteiger partial charge in [0.25, 0.3) is 0 Å². The third kappa shape index (κ3) is 3.42. The molecule has 1 N–H and O–H groups in total. The van der Waals surface area contributed by atoms with Gasteiger partial charge in [0.05, 0.1) is 6.10 Å². The summed E-state index contributed by atoms with van der Waals surface area (Å²) in [6.45, 7) is 2.13. The second-order valence-electron chi connectivity index (χ2n) is 2.83. The van der Waals surface area contributed by atoms with E-state index in [9.17, 15) is 9.50 Å². The van der Waals surface area contributed by atoms with Gasteiger partial charge in [0, 0.05) is 0 Å². The van der Waals surface area contributed by atoms with Crippen molar-refractivity contribution in [2.24, 2.45) is 0 Å². The first-order valence-electron chi connectivity index (χ1n) is 4.28. The molecule has 1 rings (SSSR count). The van der Waals surface area contributed by atoms with Gasteiger partial charge >= 0.3 is 0 Å². The van der Waals surface area contributed by atoms with Crippen LogP contribution in [0.2, 0.25) is 0 Å². The molecule has 0 spiro atoms. The van der Waals surface area contributed by atoms with E-state index in [0.717, 1.165) is 0 Å². The molecule has 0 aliphatic rings. The van der Waals surface area contributed by atoms with Crippen LogP contribution in [0, 0.1) is 5.82 Å². The summed E-state index contributed by atoms with van der Waals surface area (Å²) < 4.78 is 17.6. The number of benzene rings is 1. The quantitative estimate of drug-likeness (QED) is 0.775. The molecule has 0 aromatic heterocycles. The van der Waals surface area contributed by atoms with E-state index in [1.165, 1.54) is 24.3 Å². The van der Waals surface area contributed by atoms with E-state index >= 15 is 0 Å². The summed E-state index contributed by atoms with van der Waals surface area (Å²) in [7, 11) is 0. The molecule has 1 aromatic carbocycles. The van der Waals surface area contributed by atoms with E-state index in [0.29, 0.717) is 12.2 Å². The average Bonchev–Trinajstić information content (AvgIpc) is 2.16. The molecular weight excluding hydrogens is 171 g/mol. The second kappa shape index (κ2) is 4.82. The van der Waals surface area contributed by atoms with E-state index in [1.807, 2.05) is 6.92 Å². The van der Waals surface area contributed by atoms with Crippen molar-refractivity contribution < 1.29 is 14.2 Å². The Morgan fingerprint density at radius 2 is 2.00 bits per heavy atom. The van der Waals surface area contributed by atoms with Crippen LogP contribution in [-0.4, -0.2) is 17.8 Å². The largest absolute Gasteiger partial charge is 0.491 e. The summed E-state index contributed by atoms with van der Waals surface area (Å²) in [5, 5.41) is 9.17. The van der Waals surface area contributed by atoms with Gasteiger partial charge < -0.3 is 9.84 Å². The van der Waals surface area contributed by atoms with Gasteiger partial charge in [-0.3, -0.25) is 0 Å².